The van der Waals surface area contributed by atoms with Gasteiger partial charge < -0.3 is 14.5 Å². The van der Waals surface area contributed by atoms with Crippen molar-refractivity contribution in [3.05, 3.63) is 84.2 Å². The smallest absolute Gasteiger partial charge is 0.127 e. The van der Waals surface area contributed by atoms with Gasteiger partial charge in [-0.2, -0.15) is 0 Å². The SMILES string of the molecule is CC(c1ccc(Oc2ccc(C(C)N3C=CCCCC3)cc2)cc1)N1C=CCCCC1. The van der Waals surface area contributed by atoms with Gasteiger partial charge in [-0.1, -0.05) is 36.4 Å². The average Bonchev–Trinajstić information content (AvgIpc) is 3.25. The highest BCUT2D eigenvalue weighted by Crippen LogP contribution is 2.29. The van der Waals surface area contributed by atoms with E-state index in [1.54, 1.807) is 0 Å². The standard InChI is InChI=1S/C28H36N2O/c1-23(29-19-7-3-4-8-20-29)25-11-15-27(16-12-25)31-28-17-13-26(14-18-28)24(2)30-21-9-5-6-10-22-30/h7,9,11-19,21,23-24H,3-6,8,10,20,22H2,1-2H3. The topological polar surface area (TPSA) is 15.7 Å². The van der Waals surface area contributed by atoms with Crippen molar-refractivity contribution in [1.29, 1.82) is 0 Å². The Morgan fingerprint density at radius 3 is 1.45 bits per heavy atom. The predicted octanol–water partition coefficient (Wildman–Crippen LogP) is 7.60. The highest BCUT2D eigenvalue weighted by Gasteiger charge is 2.15. The first-order chi connectivity index (χ1) is 15.2. The molecule has 164 valence electrons. The van der Waals surface area contributed by atoms with Gasteiger partial charge in [-0.15, -0.1) is 0 Å². The van der Waals surface area contributed by atoms with Gasteiger partial charge in [0.05, 0.1) is 12.1 Å². The van der Waals surface area contributed by atoms with E-state index in [0.717, 1.165) is 24.6 Å². The van der Waals surface area contributed by atoms with Gasteiger partial charge in [0.15, 0.2) is 0 Å². The van der Waals surface area contributed by atoms with Crippen LogP contribution in [0.1, 0.15) is 75.6 Å². The van der Waals surface area contributed by atoms with Crippen molar-refractivity contribution in [2.45, 2.75) is 64.5 Å². The Hall–Kier alpha value is -2.68. The summed E-state index contributed by atoms with van der Waals surface area (Å²) in [7, 11) is 0. The van der Waals surface area contributed by atoms with Gasteiger partial charge >= 0.3 is 0 Å². The summed E-state index contributed by atoms with van der Waals surface area (Å²) in [6.45, 7) is 6.83. The third kappa shape index (κ3) is 5.72. The lowest BCUT2D eigenvalue weighted by atomic mass is 10.1. The van der Waals surface area contributed by atoms with Crippen LogP contribution in [0.4, 0.5) is 0 Å². The number of rotatable bonds is 6. The van der Waals surface area contributed by atoms with Gasteiger partial charge in [0.25, 0.3) is 0 Å². The van der Waals surface area contributed by atoms with Crippen LogP contribution in [0.5, 0.6) is 11.5 Å². The van der Waals surface area contributed by atoms with E-state index in [1.807, 2.05) is 0 Å². The molecule has 0 aromatic heterocycles. The maximum absolute atomic E-state index is 6.12. The largest absolute Gasteiger partial charge is 0.457 e. The molecule has 0 aliphatic carbocycles. The molecular formula is C28H36N2O. The maximum atomic E-state index is 6.12. The molecule has 2 unspecified atom stereocenters. The van der Waals surface area contributed by atoms with Crippen molar-refractivity contribution >= 4 is 0 Å². The minimum Gasteiger partial charge on any atom is -0.457 e. The fourth-order valence-electron chi connectivity index (χ4n) is 4.48. The van der Waals surface area contributed by atoms with E-state index in [0.29, 0.717) is 12.1 Å². The molecule has 2 aliphatic heterocycles. The molecule has 2 aromatic carbocycles. The molecule has 2 aromatic rings. The monoisotopic (exact) mass is 416 g/mol. The van der Waals surface area contributed by atoms with Crippen LogP contribution in [-0.4, -0.2) is 22.9 Å². The summed E-state index contributed by atoms with van der Waals surface area (Å²) in [6, 6.07) is 17.9. The van der Waals surface area contributed by atoms with Gasteiger partial charge in [0, 0.05) is 13.1 Å². The highest BCUT2D eigenvalue weighted by molar-refractivity contribution is 5.36. The molecule has 0 saturated heterocycles. The zero-order valence-corrected chi connectivity index (χ0v) is 19.0. The first-order valence-electron chi connectivity index (χ1n) is 11.9. The highest BCUT2D eigenvalue weighted by atomic mass is 16.5. The summed E-state index contributed by atoms with van der Waals surface area (Å²) in [5.74, 6) is 1.78. The number of hydrogen-bond acceptors (Lipinski definition) is 3. The van der Waals surface area contributed by atoms with Gasteiger partial charge in [-0.05, 0) is 100 Å². The second-order valence-electron chi connectivity index (χ2n) is 8.83. The second kappa shape index (κ2) is 10.6. The molecule has 3 heteroatoms. The normalized spacial score (nSPS) is 18.9. The number of hydrogen-bond donors (Lipinski definition) is 0. The van der Waals surface area contributed by atoms with Crippen LogP contribution in [0.2, 0.25) is 0 Å². The lowest BCUT2D eigenvalue weighted by Gasteiger charge is -2.27. The first kappa shape index (κ1) is 21.5. The fourth-order valence-corrected chi connectivity index (χ4v) is 4.48. The molecule has 0 spiro atoms. The summed E-state index contributed by atoms with van der Waals surface area (Å²) in [6.07, 6.45) is 16.6. The van der Waals surface area contributed by atoms with Crippen molar-refractivity contribution in [3.63, 3.8) is 0 Å². The maximum Gasteiger partial charge on any atom is 0.127 e. The molecule has 2 heterocycles. The van der Waals surface area contributed by atoms with Crippen LogP contribution in [0.15, 0.2) is 73.1 Å². The number of nitrogens with zero attached hydrogens (tertiary/aromatic N) is 2. The molecule has 3 nitrogen and oxygen atoms in total. The molecule has 31 heavy (non-hydrogen) atoms. The lowest BCUT2D eigenvalue weighted by Crippen LogP contribution is -2.21. The van der Waals surface area contributed by atoms with Crippen LogP contribution >= 0.6 is 0 Å². The van der Waals surface area contributed by atoms with Crippen LogP contribution in [0.3, 0.4) is 0 Å². The third-order valence-electron chi connectivity index (χ3n) is 6.62. The Labute approximate surface area is 188 Å². The quantitative estimate of drug-likeness (QED) is 0.482. The fraction of sp³-hybridized carbons (Fsp3) is 0.429. The zero-order chi connectivity index (χ0) is 21.5. The molecule has 0 N–H and O–H groups in total. The van der Waals surface area contributed by atoms with Crippen molar-refractivity contribution in [1.82, 2.24) is 9.80 Å². The van der Waals surface area contributed by atoms with Gasteiger partial charge in [-0.25, -0.2) is 0 Å². The minimum absolute atomic E-state index is 0.386. The van der Waals surface area contributed by atoms with Crippen LogP contribution in [0, 0.1) is 0 Å². The number of allylic oxidation sites excluding steroid dienone is 2. The van der Waals surface area contributed by atoms with Crippen LogP contribution in [0.25, 0.3) is 0 Å². The van der Waals surface area contributed by atoms with E-state index >= 15 is 0 Å². The van der Waals surface area contributed by atoms with Crippen molar-refractivity contribution < 1.29 is 4.74 Å². The molecule has 0 bridgehead atoms. The average molecular weight is 417 g/mol. The van der Waals surface area contributed by atoms with Crippen molar-refractivity contribution in [2.75, 3.05) is 13.1 Å². The van der Waals surface area contributed by atoms with Gasteiger partial charge in [0.1, 0.15) is 11.5 Å². The number of ether oxygens (including phenoxy) is 1. The molecule has 2 atom stereocenters. The van der Waals surface area contributed by atoms with E-state index in [4.69, 9.17) is 4.74 Å². The van der Waals surface area contributed by atoms with Crippen LogP contribution < -0.4 is 4.74 Å². The summed E-state index contributed by atoms with van der Waals surface area (Å²) >= 11 is 0. The Morgan fingerprint density at radius 2 is 1.03 bits per heavy atom. The molecule has 0 fully saturated rings. The molecule has 0 saturated carbocycles. The van der Waals surface area contributed by atoms with Crippen molar-refractivity contribution in [3.8, 4) is 11.5 Å². The predicted molar refractivity (Wildman–Crippen MR) is 129 cm³/mol. The zero-order valence-electron chi connectivity index (χ0n) is 19.0. The van der Waals surface area contributed by atoms with E-state index < -0.39 is 0 Å². The Balaban J connectivity index is 1.36. The summed E-state index contributed by atoms with van der Waals surface area (Å²) in [5, 5.41) is 0. The second-order valence-corrected chi connectivity index (χ2v) is 8.83. The third-order valence-corrected chi connectivity index (χ3v) is 6.62. The van der Waals surface area contributed by atoms with E-state index in [9.17, 15) is 0 Å². The van der Waals surface area contributed by atoms with E-state index in [2.05, 4.69) is 96.7 Å². The molecule has 2 aliphatic rings. The summed E-state index contributed by atoms with van der Waals surface area (Å²) in [5.41, 5.74) is 2.65. The van der Waals surface area contributed by atoms with E-state index in [1.165, 1.54) is 49.7 Å². The molecule has 0 radical (unpaired) electrons. The summed E-state index contributed by atoms with van der Waals surface area (Å²) in [4.78, 5) is 4.89. The van der Waals surface area contributed by atoms with Crippen LogP contribution in [-0.2, 0) is 0 Å². The first-order valence-corrected chi connectivity index (χ1v) is 11.9. The van der Waals surface area contributed by atoms with Gasteiger partial charge in [0.2, 0.25) is 0 Å². The molecular weight excluding hydrogens is 380 g/mol. The molecule has 4 rings (SSSR count). The minimum atomic E-state index is 0.386. The van der Waals surface area contributed by atoms with E-state index in [-0.39, 0.29) is 0 Å². The van der Waals surface area contributed by atoms with Gasteiger partial charge in [-0.3, -0.25) is 0 Å². The number of benzene rings is 2. The Kier molecular flexibility index (Phi) is 7.35. The summed E-state index contributed by atoms with van der Waals surface area (Å²) < 4.78 is 6.12. The molecule has 0 amide bonds. The Bertz CT molecular complexity index is 795. The Morgan fingerprint density at radius 1 is 0.613 bits per heavy atom. The lowest BCUT2D eigenvalue weighted by molar-refractivity contribution is 0.297. The van der Waals surface area contributed by atoms with Crippen molar-refractivity contribution in [2.24, 2.45) is 0 Å².